The second-order valence-corrected chi connectivity index (χ2v) is 5.75. The monoisotopic (exact) mass is 279 g/mol. The highest BCUT2D eigenvalue weighted by Gasteiger charge is 2.24. The van der Waals surface area contributed by atoms with Crippen molar-refractivity contribution in [3.8, 4) is 0 Å². The van der Waals surface area contributed by atoms with Crippen LogP contribution in [0.5, 0.6) is 0 Å². The lowest BCUT2D eigenvalue weighted by Gasteiger charge is -2.31. The largest absolute Gasteiger partial charge is 0.314 e. The molecule has 0 spiro atoms. The second kappa shape index (κ2) is 8.49. The Balaban J connectivity index is 2.00. The van der Waals surface area contributed by atoms with E-state index >= 15 is 0 Å². The van der Waals surface area contributed by atoms with Crippen molar-refractivity contribution in [3.05, 3.63) is 0 Å². The smallest absolute Gasteiger partial charge is 0.0514 e. The highest BCUT2D eigenvalue weighted by Crippen LogP contribution is 2.15. The van der Waals surface area contributed by atoms with Gasteiger partial charge in [0.15, 0.2) is 0 Å². The molecule has 5 heteroatoms. The van der Waals surface area contributed by atoms with Gasteiger partial charge in [-0.15, -0.1) is 0 Å². The Morgan fingerprint density at radius 1 is 0.800 bits per heavy atom. The summed E-state index contributed by atoms with van der Waals surface area (Å²) in [5, 5.41) is 10.5. The lowest BCUT2D eigenvalue weighted by Crippen LogP contribution is -2.49. The molecule has 0 aromatic carbocycles. The maximum atomic E-state index is 4.71. The fourth-order valence-electron chi connectivity index (χ4n) is 2.86. The lowest BCUT2D eigenvalue weighted by atomic mass is 9.93. The molecule has 1 saturated heterocycles. The molecule has 1 fully saturated rings. The lowest BCUT2D eigenvalue weighted by molar-refractivity contribution is 0.426. The maximum absolute atomic E-state index is 4.71. The van der Waals surface area contributed by atoms with Crippen LogP contribution in [-0.4, -0.2) is 62.8 Å². The Kier molecular flexibility index (Phi) is 6.63. The minimum absolute atomic E-state index is 0.433. The van der Waals surface area contributed by atoms with E-state index in [4.69, 9.17) is 9.98 Å². The standard InChI is InChI=1S/C15H29N5/c1-12-14-4-3-5-15(20-14)13(2)19-11-9-17-7-6-16-8-10-18-12/h14-17,20H,3-11H2,1-2H3. The molecule has 3 N–H and O–H groups in total. The van der Waals surface area contributed by atoms with Gasteiger partial charge in [0.25, 0.3) is 0 Å². The van der Waals surface area contributed by atoms with Gasteiger partial charge < -0.3 is 16.0 Å². The maximum Gasteiger partial charge on any atom is 0.0514 e. The predicted molar refractivity (Wildman–Crippen MR) is 86.3 cm³/mol. The molecular formula is C15H29N5. The van der Waals surface area contributed by atoms with Crippen LogP contribution in [-0.2, 0) is 0 Å². The molecule has 0 saturated carbocycles. The first kappa shape index (κ1) is 15.6. The molecule has 0 aliphatic carbocycles. The third kappa shape index (κ3) is 4.96. The Labute approximate surface area is 122 Å². The Bertz CT molecular complexity index is 318. The summed E-state index contributed by atoms with van der Waals surface area (Å²) in [5.41, 5.74) is 2.49. The van der Waals surface area contributed by atoms with Gasteiger partial charge >= 0.3 is 0 Å². The molecule has 114 valence electrons. The second-order valence-electron chi connectivity index (χ2n) is 5.75. The molecule has 2 heterocycles. The molecule has 2 unspecified atom stereocenters. The topological polar surface area (TPSA) is 60.8 Å². The molecule has 2 aliphatic rings. The van der Waals surface area contributed by atoms with Gasteiger partial charge in [0.1, 0.15) is 0 Å². The van der Waals surface area contributed by atoms with Crippen LogP contribution in [0.25, 0.3) is 0 Å². The van der Waals surface area contributed by atoms with Gasteiger partial charge in [-0.1, -0.05) is 0 Å². The van der Waals surface area contributed by atoms with E-state index in [0.29, 0.717) is 12.1 Å². The number of aliphatic imine (C=N–C) groups is 2. The van der Waals surface area contributed by atoms with E-state index in [1.54, 1.807) is 0 Å². The summed E-state index contributed by atoms with van der Waals surface area (Å²) in [6, 6.07) is 0.865. The zero-order chi connectivity index (χ0) is 14.2. The minimum Gasteiger partial charge on any atom is -0.314 e. The van der Waals surface area contributed by atoms with Crippen LogP contribution in [0, 0.1) is 0 Å². The normalized spacial score (nSPS) is 30.7. The zero-order valence-corrected chi connectivity index (χ0v) is 12.9. The fourth-order valence-corrected chi connectivity index (χ4v) is 2.86. The van der Waals surface area contributed by atoms with Gasteiger partial charge in [-0.3, -0.25) is 9.98 Å². The van der Waals surface area contributed by atoms with E-state index < -0.39 is 0 Å². The van der Waals surface area contributed by atoms with Crippen LogP contribution in [0.3, 0.4) is 0 Å². The molecule has 2 aliphatic heterocycles. The van der Waals surface area contributed by atoms with Crippen LogP contribution >= 0.6 is 0 Å². The fraction of sp³-hybridized carbons (Fsp3) is 0.867. The number of hydrogen-bond donors (Lipinski definition) is 3. The van der Waals surface area contributed by atoms with E-state index in [9.17, 15) is 0 Å². The third-order valence-corrected chi connectivity index (χ3v) is 4.17. The van der Waals surface area contributed by atoms with Crippen LogP contribution in [0.4, 0.5) is 0 Å². The van der Waals surface area contributed by atoms with E-state index in [-0.39, 0.29) is 0 Å². The van der Waals surface area contributed by atoms with Crippen molar-refractivity contribution in [2.75, 3.05) is 39.3 Å². The summed E-state index contributed by atoms with van der Waals surface area (Å²) < 4.78 is 0. The molecule has 0 amide bonds. The quantitative estimate of drug-likeness (QED) is 0.609. The van der Waals surface area contributed by atoms with Crippen molar-refractivity contribution < 1.29 is 0 Å². The van der Waals surface area contributed by atoms with E-state index in [0.717, 1.165) is 39.3 Å². The van der Waals surface area contributed by atoms with Crippen LogP contribution in [0.2, 0.25) is 0 Å². The average Bonchev–Trinajstić information content (AvgIpc) is 2.48. The van der Waals surface area contributed by atoms with Gasteiger partial charge in [0.05, 0.1) is 13.1 Å². The molecular weight excluding hydrogens is 250 g/mol. The predicted octanol–water partition coefficient (Wildman–Crippen LogP) is 0.612. The van der Waals surface area contributed by atoms with Crippen molar-refractivity contribution in [3.63, 3.8) is 0 Å². The van der Waals surface area contributed by atoms with Crippen LogP contribution < -0.4 is 16.0 Å². The van der Waals surface area contributed by atoms with Gasteiger partial charge in [-0.2, -0.15) is 0 Å². The number of rotatable bonds is 0. The van der Waals surface area contributed by atoms with Crippen LogP contribution in [0.1, 0.15) is 33.1 Å². The highest BCUT2D eigenvalue weighted by atomic mass is 15.0. The first-order valence-electron chi connectivity index (χ1n) is 7.97. The molecule has 2 rings (SSSR count). The molecule has 0 aromatic heterocycles. The summed E-state index contributed by atoms with van der Waals surface area (Å²) in [4.78, 5) is 9.42. The molecule has 2 bridgehead atoms. The number of piperidine rings is 1. The molecule has 2 atom stereocenters. The van der Waals surface area contributed by atoms with Gasteiger partial charge in [-0.25, -0.2) is 0 Å². The number of nitrogens with zero attached hydrogens (tertiary/aromatic N) is 2. The Morgan fingerprint density at radius 2 is 1.30 bits per heavy atom. The first-order valence-corrected chi connectivity index (χ1v) is 7.97. The first-order chi connectivity index (χ1) is 9.77. The number of nitrogens with one attached hydrogen (secondary N) is 3. The molecule has 5 nitrogen and oxygen atoms in total. The summed E-state index contributed by atoms with van der Waals surface area (Å²) in [7, 11) is 0. The third-order valence-electron chi connectivity index (χ3n) is 4.17. The van der Waals surface area contributed by atoms with Crippen molar-refractivity contribution in [2.24, 2.45) is 9.98 Å². The van der Waals surface area contributed by atoms with Gasteiger partial charge in [0, 0.05) is 49.7 Å². The molecule has 0 aromatic rings. The molecule has 20 heavy (non-hydrogen) atoms. The Morgan fingerprint density at radius 3 is 1.80 bits per heavy atom. The average molecular weight is 279 g/mol. The highest BCUT2D eigenvalue weighted by molar-refractivity contribution is 5.91. The summed E-state index contributed by atoms with van der Waals surface area (Å²) in [6.45, 7) is 10.0. The van der Waals surface area contributed by atoms with Gasteiger partial charge in [0.2, 0.25) is 0 Å². The zero-order valence-electron chi connectivity index (χ0n) is 12.9. The minimum atomic E-state index is 0.433. The van der Waals surface area contributed by atoms with Gasteiger partial charge in [-0.05, 0) is 33.1 Å². The summed E-state index contributed by atoms with van der Waals surface area (Å²) in [6.07, 6.45) is 3.67. The van der Waals surface area contributed by atoms with Crippen molar-refractivity contribution in [1.82, 2.24) is 16.0 Å². The van der Waals surface area contributed by atoms with E-state index in [2.05, 4.69) is 29.8 Å². The number of fused-ring (bicyclic) bond motifs is 2. The summed E-state index contributed by atoms with van der Waals surface area (Å²) in [5.74, 6) is 0. The van der Waals surface area contributed by atoms with Crippen molar-refractivity contribution >= 4 is 11.4 Å². The number of hydrogen-bond acceptors (Lipinski definition) is 5. The van der Waals surface area contributed by atoms with E-state index in [1.165, 1.54) is 30.7 Å². The van der Waals surface area contributed by atoms with Crippen molar-refractivity contribution in [1.29, 1.82) is 0 Å². The van der Waals surface area contributed by atoms with Crippen molar-refractivity contribution in [2.45, 2.75) is 45.2 Å². The molecule has 0 radical (unpaired) electrons. The SMILES string of the molecule is CC1=NCCNCCNCCN=C(C)C2CCCC1N2. The van der Waals surface area contributed by atoms with Crippen LogP contribution in [0.15, 0.2) is 9.98 Å². The summed E-state index contributed by atoms with van der Waals surface area (Å²) >= 11 is 0. The van der Waals surface area contributed by atoms with E-state index in [1.807, 2.05) is 0 Å². The Hall–Kier alpha value is -0.780.